The van der Waals surface area contributed by atoms with E-state index < -0.39 is 18.4 Å². The average Bonchev–Trinajstić information content (AvgIpc) is 3.08. The number of rotatable bonds is 10. The molecule has 15 heteroatoms. The van der Waals surface area contributed by atoms with E-state index in [1.165, 1.54) is 4.90 Å². The Bertz CT molecular complexity index is 1600. The highest BCUT2D eigenvalue weighted by Gasteiger charge is 2.33. The Hall–Kier alpha value is -4.65. The number of halogens is 2. The summed E-state index contributed by atoms with van der Waals surface area (Å²) in [6, 6.07) is 11.5. The summed E-state index contributed by atoms with van der Waals surface area (Å²) < 4.78 is 42.5. The molecule has 0 spiro atoms. The maximum Gasteiger partial charge on any atom is 0.273 e. The van der Waals surface area contributed by atoms with Gasteiger partial charge >= 0.3 is 0 Å². The first-order valence-corrected chi connectivity index (χ1v) is 15.5. The molecule has 5 heterocycles. The number of piperidine rings is 1. The number of carbonyl (C=O) groups is 1. The van der Waals surface area contributed by atoms with Gasteiger partial charge in [0.25, 0.3) is 12.3 Å². The van der Waals surface area contributed by atoms with Crippen LogP contribution in [0.25, 0.3) is 11.3 Å². The van der Waals surface area contributed by atoms with Gasteiger partial charge in [-0.2, -0.15) is 5.26 Å². The first-order valence-electron chi connectivity index (χ1n) is 15.5. The Balaban J connectivity index is 1.09. The molecule has 13 nitrogen and oxygen atoms in total. The molecule has 0 radical (unpaired) electrons. The Kier molecular flexibility index (Phi) is 9.90. The highest BCUT2D eigenvalue weighted by molar-refractivity contribution is 5.81. The van der Waals surface area contributed by atoms with Crippen LogP contribution in [0.1, 0.15) is 18.4 Å². The zero-order valence-corrected chi connectivity index (χ0v) is 25.9. The summed E-state index contributed by atoms with van der Waals surface area (Å²) in [5.41, 5.74) is 2.51. The fourth-order valence-corrected chi connectivity index (χ4v) is 5.87. The van der Waals surface area contributed by atoms with E-state index in [2.05, 4.69) is 36.1 Å². The minimum atomic E-state index is -3.13. The summed E-state index contributed by atoms with van der Waals surface area (Å²) in [6.45, 7) is 5.68. The number of ether oxygens (including phenoxy) is 3. The Morgan fingerprint density at radius 2 is 1.85 bits per heavy atom. The predicted octanol–water partition coefficient (Wildman–Crippen LogP) is 2.68. The summed E-state index contributed by atoms with van der Waals surface area (Å²) >= 11 is 0. The molecule has 2 aromatic heterocycles. The number of nitrogens with zero attached hydrogens (tertiary/aromatic N) is 7. The number of hydrogen-bond donors (Lipinski definition) is 2. The van der Waals surface area contributed by atoms with E-state index >= 15 is 0 Å². The molecule has 248 valence electrons. The number of aliphatic hydroxyl groups excluding tert-OH is 1. The molecule has 1 atom stereocenters. The Morgan fingerprint density at radius 1 is 1.09 bits per heavy atom. The number of hydrogen-bond acceptors (Lipinski definition) is 12. The Morgan fingerprint density at radius 3 is 2.51 bits per heavy atom. The van der Waals surface area contributed by atoms with Gasteiger partial charge in [-0.05, 0) is 24.3 Å². The van der Waals surface area contributed by atoms with E-state index in [-0.39, 0.29) is 19.2 Å². The normalized spacial score (nSPS) is 18.4. The first-order chi connectivity index (χ1) is 22.8. The molecular formula is C32H36F2N8O5. The lowest BCUT2D eigenvalue weighted by molar-refractivity contribution is -0.150. The molecule has 1 amide bonds. The van der Waals surface area contributed by atoms with E-state index in [0.29, 0.717) is 59.0 Å². The van der Waals surface area contributed by atoms with Gasteiger partial charge in [0.2, 0.25) is 5.95 Å². The van der Waals surface area contributed by atoms with Gasteiger partial charge in [-0.1, -0.05) is 0 Å². The van der Waals surface area contributed by atoms with Crippen molar-refractivity contribution in [3.05, 3.63) is 48.3 Å². The number of piperazine rings is 1. The van der Waals surface area contributed by atoms with Crippen LogP contribution < -0.4 is 19.7 Å². The smallest absolute Gasteiger partial charge is 0.273 e. The second-order valence-corrected chi connectivity index (χ2v) is 11.6. The second-order valence-electron chi connectivity index (χ2n) is 11.6. The Labute approximate surface area is 270 Å². The number of nitrogens with one attached hydrogen (secondary N) is 1. The van der Waals surface area contributed by atoms with Gasteiger partial charge in [0.05, 0.1) is 49.5 Å². The van der Waals surface area contributed by atoms with Crippen molar-refractivity contribution in [2.45, 2.75) is 37.5 Å². The molecular weight excluding hydrogens is 614 g/mol. The lowest BCUT2D eigenvalue weighted by Gasteiger charge is -2.43. The van der Waals surface area contributed by atoms with Crippen LogP contribution in [-0.4, -0.2) is 120 Å². The van der Waals surface area contributed by atoms with E-state index in [1.807, 2.05) is 12.3 Å². The van der Waals surface area contributed by atoms with Crippen molar-refractivity contribution in [2.24, 2.45) is 0 Å². The van der Waals surface area contributed by atoms with Gasteiger partial charge < -0.3 is 34.4 Å². The van der Waals surface area contributed by atoms with Gasteiger partial charge in [-0.15, -0.1) is 0 Å². The average molecular weight is 651 g/mol. The number of nitriles is 1. The first kappa shape index (κ1) is 32.3. The van der Waals surface area contributed by atoms with E-state index in [9.17, 15) is 23.9 Å². The van der Waals surface area contributed by atoms with E-state index in [1.54, 1.807) is 37.6 Å². The van der Waals surface area contributed by atoms with Crippen LogP contribution in [0.5, 0.6) is 11.5 Å². The number of likely N-dealkylation sites (tertiary alicyclic amines) is 1. The van der Waals surface area contributed by atoms with Crippen LogP contribution in [-0.2, 0) is 9.53 Å². The quantitative estimate of drug-likeness (QED) is 0.332. The van der Waals surface area contributed by atoms with Crippen molar-refractivity contribution in [1.29, 1.82) is 5.26 Å². The molecule has 3 saturated heterocycles. The number of anilines is 3. The lowest BCUT2D eigenvalue weighted by Crippen LogP contribution is -2.56. The topological polar surface area (TPSA) is 149 Å². The van der Waals surface area contributed by atoms with Crippen LogP contribution >= 0.6 is 0 Å². The number of aliphatic hydroxyl groups is 1. The highest BCUT2D eigenvalue weighted by atomic mass is 19.3. The monoisotopic (exact) mass is 650 g/mol. The van der Waals surface area contributed by atoms with Gasteiger partial charge in [0.1, 0.15) is 17.9 Å². The molecule has 3 aliphatic rings. The van der Waals surface area contributed by atoms with Crippen LogP contribution in [0.2, 0.25) is 0 Å². The SMILES string of the molecule is COc1cc(N2CCN(C3COC3)CC2)cnc1Nc1nccc(-c2ccc(OC3CCN(C(=O)[C@H](O)C(F)F)CC3)c(C#N)c2)n1. The molecule has 0 saturated carbocycles. The molecule has 0 bridgehead atoms. The minimum absolute atomic E-state index is 0.167. The highest BCUT2D eigenvalue weighted by Crippen LogP contribution is 2.32. The molecule has 3 aliphatic heterocycles. The molecule has 0 aliphatic carbocycles. The number of benzene rings is 1. The summed E-state index contributed by atoms with van der Waals surface area (Å²) in [4.78, 5) is 31.6. The number of pyridine rings is 1. The molecule has 47 heavy (non-hydrogen) atoms. The maximum absolute atomic E-state index is 12.7. The van der Waals surface area contributed by atoms with Gasteiger partial charge in [-0.3, -0.25) is 9.69 Å². The van der Waals surface area contributed by atoms with Crippen molar-refractivity contribution in [1.82, 2.24) is 24.8 Å². The number of amides is 1. The summed E-state index contributed by atoms with van der Waals surface area (Å²) in [7, 11) is 1.59. The van der Waals surface area contributed by atoms with Gasteiger partial charge in [-0.25, -0.2) is 23.7 Å². The van der Waals surface area contributed by atoms with Gasteiger partial charge in [0, 0.05) is 69.9 Å². The molecule has 3 fully saturated rings. The fourth-order valence-electron chi connectivity index (χ4n) is 5.87. The molecule has 0 unspecified atom stereocenters. The third kappa shape index (κ3) is 7.35. The van der Waals surface area contributed by atoms with Crippen molar-refractivity contribution >= 4 is 23.4 Å². The van der Waals surface area contributed by atoms with Gasteiger partial charge in [0.15, 0.2) is 17.7 Å². The van der Waals surface area contributed by atoms with Crippen molar-refractivity contribution in [3.8, 4) is 28.8 Å². The maximum atomic E-state index is 12.7. The molecule has 2 N–H and O–H groups in total. The van der Waals surface area contributed by atoms with Crippen molar-refractivity contribution < 1.29 is 32.9 Å². The minimum Gasteiger partial charge on any atom is -0.493 e. The number of alkyl halides is 2. The van der Waals surface area contributed by atoms with E-state index in [4.69, 9.17) is 14.2 Å². The largest absolute Gasteiger partial charge is 0.493 e. The van der Waals surface area contributed by atoms with Crippen LogP contribution in [0.4, 0.5) is 26.2 Å². The summed E-state index contributed by atoms with van der Waals surface area (Å²) in [6.07, 6.45) is -1.62. The lowest BCUT2D eigenvalue weighted by atomic mass is 10.1. The zero-order valence-electron chi connectivity index (χ0n) is 25.9. The zero-order chi connectivity index (χ0) is 32.9. The fraction of sp³-hybridized carbons (Fsp3) is 0.469. The van der Waals surface area contributed by atoms with Crippen molar-refractivity contribution in [2.75, 3.05) is 69.8 Å². The third-order valence-electron chi connectivity index (χ3n) is 8.70. The molecule has 3 aromatic rings. The number of methoxy groups -OCH3 is 1. The second kappa shape index (κ2) is 14.4. The van der Waals surface area contributed by atoms with Crippen LogP contribution in [0.15, 0.2) is 42.7 Å². The molecule has 6 rings (SSSR count). The van der Waals surface area contributed by atoms with E-state index in [0.717, 1.165) is 45.1 Å². The standard InChI is InChI=1S/C32H36F2N8O5/c1-45-27-15-22(40-10-12-41(13-11-40)23-18-46-19-23)17-37-30(27)39-32-36-7-4-25(38-32)20-2-3-26(21(14-20)16-35)47-24-5-8-42(9-6-24)31(44)28(43)29(33)34/h2-4,7,14-15,17,23-24,28-29,43H,5-6,8-13,18-19H2,1H3,(H,36,37,38,39)/t28-/m1/s1. The van der Waals surface area contributed by atoms with Crippen LogP contribution in [0, 0.1) is 11.3 Å². The molecule has 1 aromatic carbocycles. The third-order valence-corrected chi connectivity index (χ3v) is 8.70. The van der Waals surface area contributed by atoms with Crippen LogP contribution in [0.3, 0.4) is 0 Å². The predicted molar refractivity (Wildman–Crippen MR) is 167 cm³/mol. The summed E-state index contributed by atoms with van der Waals surface area (Å²) in [5.74, 6) is 0.703. The number of carbonyl (C=O) groups excluding carboxylic acids is 1. The van der Waals surface area contributed by atoms with Crippen molar-refractivity contribution in [3.63, 3.8) is 0 Å². The summed E-state index contributed by atoms with van der Waals surface area (Å²) in [5, 5.41) is 22.4. The number of aromatic nitrogens is 3.